The molecule has 0 radical (unpaired) electrons. The van der Waals surface area contributed by atoms with Crippen LogP contribution in [0.4, 0.5) is 5.69 Å². The van der Waals surface area contributed by atoms with Crippen LogP contribution in [0, 0.1) is 6.92 Å². The van der Waals surface area contributed by atoms with E-state index in [-0.39, 0.29) is 5.56 Å². The van der Waals surface area contributed by atoms with Crippen molar-refractivity contribution in [1.82, 2.24) is 19.6 Å². The lowest BCUT2D eigenvalue weighted by atomic mass is 10.1. The van der Waals surface area contributed by atoms with Crippen molar-refractivity contribution in [2.45, 2.75) is 26.8 Å². The number of aromatic nitrogens is 4. The molecule has 0 unspecified atom stereocenters. The minimum absolute atomic E-state index is 0.200. The van der Waals surface area contributed by atoms with Crippen LogP contribution in [0.5, 0.6) is 5.75 Å². The summed E-state index contributed by atoms with van der Waals surface area (Å²) in [6.45, 7) is 5.13. The van der Waals surface area contributed by atoms with Gasteiger partial charge in [-0.15, -0.1) is 0 Å². The monoisotopic (exact) mass is 389 g/mol. The van der Waals surface area contributed by atoms with E-state index >= 15 is 0 Å². The van der Waals surface area contributed by atoms with Gasteiger partial charge in [-0.1, -0.05) is 42.8 Å². The van der Waals surface area contributed by atoms with Crippen LogP contribution < -0.4 is 15.6 Å². The molecule has 0 atom stereocenters. The molecule has 0 aliphatic heterocycles. The molecule has 0 saturated carbocycles. The number of H-pyrrole nitrogens is 1. The number of aryl methyl sites for hydroxylation is 1. The van der Waals surface area contributed by atoms with Crippen LogP contribution in [0.3, 0.4) is 0 Å². The largest absolute Gasteiger partial charge is 0.491 e. The van der Waals surface area contributed by atoms with Gasteiger partial charge in [-0.05, 0) is 31.5 Å². The number of aromatic amines is 1. The van der Waals surface area contributed by atoms with Gasteiger partial charge < -0.3 is 10.1 Å². The molecule has 4 rings (SSSR count). The molecule has 29 heavy (non-hydrogen) atoms. The van der Waals surface area contributed by atoms with Crippen LogP contribution in [0.1, 0.15) is 24.6 Å². The molecule has 0 bridgehead atoms. The van der Waals surface area contributed by atoms with E-state index < -0.39 is 0 Å². The third kappa shape index (κ3) is 4.13. The minimum Gasteiger partial charge on any atom is -0.491 e. The maximum atomic E-state index is 12.5. The quantitative estimate of drug-likeness (QED) is 0.502. The van der Waals surface area contributed by atoms with E-state index in [0.717, 1.165) is 29.0 Å². The van der Waals surface area contributed by atoms with E-state index in [1.54, 1.807) is 0 Å². The summed E-state index contributed by atoms with van der Waals surface area (Å²) in [6.07, 6.45) is 0.936. The van der Waals surface area contributed by atoms with Crippen LogP contribution in [0.25, 0.3) is 17.2 Å². The zero-order valence-electron chi connectivity index (χ0n) is 16.5. The number of para-hydroxylation sites is 2. The second-order valence-corrected chi connectivity index (χ2v) is 6.86. The Labute approximate surface area is 168 Å². The number of hydrogen-bond acceptors (Lipinski definition) is 5. The van der Waals surface area contributed by atoms with Crippen LogP contribution in [-0.4, -0.2) is 26.2 Å². The van der Waals surface area contributed by atoms with Crippen molar-refractivity contribution in [3.8, 4) is 17.1 Å². The lowest BCUT2D eigenvalue weighted by Gasteiger charge is -2.12. The second kappa shape index (κ2) is 8.18. The van der Waals surface area contributed by atoms with Crippen molar-refractivity contribution in [1.29, 1.82) is 0 Å². The Balaban J connectivity index is 1.59. The first-order valence-electron chi connectivity index (χ1n) is 9.65. The number of fused-ring (bicyclic) bond motifs is 1. The van der Waals surface area contributed by atoms with E-state index in [0.29, 0.717) is 30.4 Å². The van der Waals surface area contributed by atoms with Crippen molar-refractivity contribution in [2.24, 2.45) is 0 Å². The zero-order chi connectivity index (χ0) is 20.2. The molecular weight excluding hydrogens is 366 g/mol. The summed E-state index contributed by atoms with van der Waals surface area (Å²) in [4.78, 5) is 21.6. The smallest absolute Gasteiger partial charge is 0.274 e. The fourth-order valence-corrected chi connectivity index (χ4v) is 3.08. The zero-order valence-corrected chi connectivity index (χ0v) is 16.5. The predicted octanol–water partition coefficient (Wildman–Crippen LogP) is 3.79. The highest BCUT2D eigenvalue weighted by Crippen LogP contribution is 2.24. The lowest BCUT2D eigenvalue weighted by molar-refractivity contribution is 0.319. The number of benzene rings is 2. The average molecular weight is 389 g/mol. The van der Waals surface area contributed by atoms with Gasteiger partial charge in [-0.2, -0.15) is 9.50 Å². The van der Waals surface area contributed by atoms with Gasteiger partial charge in [0.15, 0.2) is 5.82 Å². The maximum absolute atomic E-state index is 12.5. The second-order valence-electron chi connectivity index (χ2n) is 6.86. The Morgan fingerprint density at radius 2 is 1.97 bits per heavy atom. The highest BCUT2D eigenvalue weighted by atomic mass is 16.5. The summed E-state index contributed by atoms with van der Waals surface area (Å²) in [7, 11) is 0. The topological polar surface area (TPSA) is 84.3 Å². The summed E-state index contributed by atoms with van der Waals surface area (Å²) in [5, 5.41) is 6.33. The molecule has 0 saturated heterocycles. The first kappa shape index (κ1) is 18.7. The third-order valence-corrected chi connectivity index (χ3v) is 4.48. The molecule has 7 heteroatoms. The van der Waals surface area contributed by atoms with Crippen molar-refractivity contribution >= 4 is 11.5 Å². The highest BCUT2D eigenvalue weighted by Gasteiger charge is 2.10. The number of anilines is 1. The van der Waals surface area contributed by atoms with Gasteiger partial charge in [0.05, 0.1) is 24.5 Å². The fraction of sp³-hybridized carbons (Fsp3) is 0.227. The molecule has 2 aromatic carbocycles. The highest BCUT2D eigenvalue weighted by molar-refractivity contribution is 5.58. The summed E-state index contributed by atoms with van der Waals surface area (Å²) < 4.78 is 7.13. The average Bonchev–Trinajstić information content (AvgIpc) is 3.16. The van der Waals surface area contributed by atoms with Crippen LogP contribution in [-0.2, 0) is 6.54 Å². The Bertz CT molecular complexity index is 1200. The number of nitrogens with one attached hydrogen (secondary N) is 2. The van der Waals surface area contributed by atoms with Crippen LogP contribution in [0.2, 0.25) is 0 Å². The number of hydrogen-bond donors (Lipinski definition) is 2. The normalized spacial score (nSPS) is 11.0. The molecule has 0 aliphatic carbocycles. The summed E-state index contributed by atoms with van der Waals surface area (Å²) in [5.74, 6) is 1.75. The van der Waals surface area contributed by atoms with E-state index in [1.165, 1.54) is 10.6 Å². The molecule has 148 valence electrons. The van der Waals surface area contributed by atoms with E-state index in [4.69, 9.17) is 4.74 Å². The van der Waals surface area contributed by atoms with E-state index in [9.17, 15) is 4.79 Å². The van der Waals surface area contributed by atoms with Crippen molar-refractivity contribution in [3.05, 3.63) is 76.2 Å². The van der Waals surface area contributed by atoms with Gasteiger partial charge in [-0.25, -0.2) is 4.98 Å². The number of ether oxygens (including phenoxy) is 1. The van der Waals surface area contributed by atoms with Crippen molar-refractivity contribution in [3.63, 3.8) is 0 Å². The predicted molar refractivity (Wildman–Crippen MR) is 113 cm³/mol. The first-order valence-corrected chi connectivity index (χ1v) is 9.65. The Morgan fingerprint density at radius 1 is 1.10 bits per heavy atom. The Kier molecular flexibility index (Phi) is 5.29. The summed E-state index contributed by atoms with van der Waals surface area (Å²) >= 11 is 0. The molecule has 0 fully saturated rings. The van der Waals surface area contributed by atoms with Gasteiger partial charge in [0.25, 0.3) is 11.3 Å². The Morgan fingerprint density at radius 3 is 2.79 bits per heavy atom. The number of nitrogens with zero attached hydrogens (tertiary/aromatic N) is 3. The molecular formula is C22H23N5O2. The van der Waals surface area contributed by atoms with Crippen molar-refractivity contribution < 1.29 is 4.74 Å². The van der Waals surface area contributed by atoms with Crippen LogP contribution >= 0.6 is 0 Å². The summed E-state index contributed by atoms with van der Waals surface area (Å²) in [5.41, 5.74) is 3.32. The SMILES string of the molecule is CCCOc1ccccc1NCc1cc(=O)n2[nH]c(-c3cccc(C)c3)nc2n1. The van der Waals surface area contributed by atoms with Gasteiger partial charge >= 0.3 is 0 Å². The van der Waals surface area contributed by atoms with Gasteiger partial charge in [0.2, 0.25) is 0 Å². The molecule has 0 spiro atoms. The number of rotatable bonds is 7. The van der Waals surface area contributed by atoms with Crippen LogP contribution in [0.15, 0.2) is 59.4 Å². The molecule has 0 aliphatic rings. The molecule has 7 nitrogen and oxygen atoms in total. The minimum atomic E-state index is -0.200. The Hall–Kier alpha value is -3.61. The molecule has 2 N–H and O–H groups in total. The summed E-state index contributed by atoms with van der Waals surface area (Å²) in [6, 6.07) is 17.2. The van der Waals surface area contributed by atoms with Gasteiger partial charge in [0, 0.05) is 11.6 Å². The standard InChI is InChI=1S/C22H23N5O2/c1-3-11-29-19-10-5-4-9-18(19)23-14-17-13-20(28)27-22(24-17)25-21(26-27)16-8-6-7-15(2)12-16/h4-10,12-13,23H,3,11,14H2,1-2H3,(H,24,25,26). The fourth-order valence-electron chi connectivity index (χ4n) is 3.08. The van der Waals surface area contributed by atoms with Gasteiger partial charge in [-0.3, -0.25) is 9.89 Å². The molecule has 4 aromatic rings. The van der Waals surface area contributed by atoms with E-state index in [2.05, 4.69) is 27.3 Å². The molecule has 0 amide bonds. The first-order chi connectivity index (χ1) is 14.1. The van der Waals surface area contributed by atoms with E-state index in [1.807, 2.05) is 55.5 Å². The van der Waals surface area contributed by atoms with Gasteiger partial charge in [0.1, 0.15) is 5.75 Å². The molecule has 2 aromatic heterocycles. The lowest BCUT2D eigenvalue weighted by Crippen LogP contribution is -2.17. The molecule has 2 heterocycles. The maximum Gasteiger partial charge on any atom is 0.274 e. The third-order valence-electron chi connectivity index (χ3n) is 4.48. The van der Waals surface area contributed by atoms with Crippen molar-refractivity contribution in [2.75, 3.05) is 11.9 Å².